The number of carbonyl (C=O) groups excluding carboxylic acids is 1. The molecule has 0 saturated heterocycles. The lowest BCUT2D eigenvalue weighted by molar-refractivity contribution is 0.0943. The average molecular weight is 486 g/mol. The number of hydrazine groups is 1. The van der Waals surface area contributed by atoms with Gasteiger partial charge in [0.1, 0.15) is 0 Å². The SMILES string of the molecule is Cc1nn(Cc2ccc(C(=O)NNC(=S)N[C@H](C)c3ccccc3)cc2)c(C)c1Br. The number of hydrogen-bond donors (Lipinski definition) is 3. The van der Waals surface area contributed by atoms with Gasteiger partial charge in [0.2, 0.25) is 0 Å². The standard InChI is InChI=1S/C22H24BrN5OS/c1-14(18-7-5-4-6-8-18)24-22(30)26-25-21(29)19-11-9-17(10-12-19)13-28-16(3)20(23)15(2)27-28/h4-12,14H,13H2,1-3H3,(H,25,29)(H2,24,26,30)/t14-/m1/s1. The number of amides is 1. The number of aromatic nitrogens is 2. The first-order valence-corrected chi connectivity index (χ1v) is 10.8. The highest BCUT2D eigenvalue weighted by Gasteiger charge is 2.11. The van der Waals surface area contributed by atoms with E-state index in [1.54, 1.807) is 12.1 Å². The number of hydrogen-bond acceptors (Lipinski definition) is 3. The molecular formula is C22H24BrN5OS. The van der Waals surface area contributed by atoms with Crippen LogP contribution in [0.1, 0.15) is 45.8 Å². The van der Waals surface area contributed by atoms with Crippen molar-refractivity contribution in [3.63, 3.8) is 0 Å². The summed E-state index contributed by atoms with van der Waals surface area (Å²) in [5.41, 5.74) is 10.1. The molecule has 0 aliphatic carbocycles. The van der Waals surface area contributed by atoms with Crippen LogP contribution < -0.4 is 16.2 Å². The first-order chi connectivity index (χ1) is 14.3. The van der Waals surface area contributed by atoms with Gasteiger partial charge in [0.25, 0.3) is 5.91 Å². The summed E-state index contributed by atoms with van der Waals surface area (Å²) in [7, 11) is 0. The lowest BCUT2D eigenvalue weighted by Gasteiger charge is -2.17. The molecule has 0 aliphatic rings. The molecule has 0 radical (unpaired) electrons. The van der Waals surface area contributed by atoms with Crippen LogP contribution in [-0.2, 0) is 6.54 Å². The molecule has 0 bridgehead atoms. The van der Waals surface area contributed by atoms with Crippen molar-refractivity contribution >= 4 is 39.2 Å². The molecule has 3 aromatic rings. The van der Waals surface area contributed by atoms with Crippen molar-refractivity contribution in [2.24, 2.45) is 0 Å². The molecule has 3 N–H and O–H groups in total. The number of carbonyl (C=O) groups is 1. The van der Waals surface area contributed by atoms with Gasteiger partial charge in [0.05, 0.1) is 28.4 Å². The predicted octanol–water partition coefficient (Wildman–Crippen LogP) is 4.18. The van der Waals surface area contributed by atoms with E-state index in [1.807, 2.05) is 67.9 Å². The predicted molar refractivity (Wildman–Crippen MR) is 126 cm³/mol. The summed E-state index contributed by atoms with van der Waals surface area (Å²) in [5, 5.41) is 8.01. The summed E-state index contributed by atoms with van der Waals surface area (Å²) >= 11 is 8.81. The number of rotatable bonds is 5. The maximum atomic E-state index is 12.4. The van der Waals surface area contributed by atoms with Crippen LogP contribution in [0.5, 0.6) is 0 Å². The summed E-state index contributed by atoms with van der Waals surface area (Å²) in [6.45, 7) is 6.63. The zero-order valence-electron chi connectivity index (χ0n) is 17.1. The van der Waals surface area contributed by atoms with E-state index in [9.17, 15) is 4.79 Å². The smallest absolute Gasteiger partial charge is 0.269 e. The Kier molecular flexibility index (Phi) is 7.23. The first-order valence-electron chi connectivity index (χ1n) is 9.55. The molecule has 0 spiro atoms. The minimum atomic E-state index is -0.257. The van der Waals surface area contributed by atoms with Gasteiger partial charge in [-0.2, -0.15) is 5.10 Å². The van der Waals surface area contributed by atoms with E-state index in [4.69, 9.17) is 12.2 Å². The molecule has 0 fully saturated rings. The van der Waals surface area contributed by atoms with E-state index in [0.717, 1.165) is 27.0 Å². The van der Waals surface area contributed by atoms with E-state index in [0.29, 0.717) is 17.2 Å². The van der Waals surface area contributed by atoms with Gasteiger partial charge in [-0.15, -0.1) is 0 Å². The van der Waals surface area contributed by atoms with Crippen molar-refractivity contribution in [1.29, 1.82) is 0 Å². The zero-order valence-corrected chi connectivity index (χ0v) is 19.5. The normalized spacial score (nSPS) is 11.6. The summed E-state index contributed by atoms with van der Waals surface area (Å²) in [5.74, 6) is -0.257. The highest BCUT2D eigenvalue weighted by Crippen LogP contribution is 2.20. The first kappa shape index (κ1) is 22.0. The second-order valence-electron chi connectivity index (χ2n) is 7.02. The van der Waals surface area contributed by atoms with E-state index in [1.165, 1.54) is 0 Å². The Morgan fingerprint density at radius 2 is 1.77 bits per heavy atom. The van der Waals surface area contributed by atoms with Gasteiger partial charge in [-0.3, -0.25) is 20.3 Å². The second-order valence-corrected chi connectivity index (χ2v) is 8.23. The Balaban J connectivity index is 1.52. The number of halogens is 1. The molecule has 1 aromatic heterocycles. The molecule has 3 rings (SSSR count). The highest BCUT2D eigenvalue weighted by atomic mass is 79.9. The monoisotopic (exact) mass is 485 g/mol. The van der Waals surface area contributed by atoms with Gasteiger partial charge in [-0.05, 0) is 72.2 Å². The van der Waals surface area contributed by atoms with Crippen molar-refractivity contribution in [2.45, 2.75) is 33.4 Å². The number of aryl methyl sites for hydroxylation is 1. The Bertz CT molecular complexity index is 1030. The fourth-order valence-electron chi connectivity index (χ4n) is 3.01. The molecule has 0 aliphatic heterocycles. The molecule has 0 saturated carbocycles. The number of benzene rings is 2. The van der Waals surface area contributed by atoms with Crippen LogP contribution in [0.3, 0.4) is 0 Å². The van der Waals surface area contributed by atoms with Gasteiger partial charge in [-0.25, -0.2) is 0 Å². The average Bonchev–Trinajstić information content (AvgIpc) is 2.99. The van der Waals surface area contributed by atoms with E-state index < -0.39 is 0 Å². The van der Waals surface area contributed by atoms with Crippen LogP contribution in [0, 0.1) is 13.8 Å². The van der Waals surface area contributed by atoms with Gasteiger partial charge < -0.3 is 5.32 Å². The molecule has 1 atom stereocenters. The van der Waals surface area contributed by atoms with Crippen molar-refractivity contribution in [1.82, 2.24) is 25.9 Å². The second kappa shape index (κ2) is 9.86. The van der Waals surface area contributed by atoms with Crippen molar-refractivity contribution in [3.05, 3.63) is 87.1 Å². The van der Waals surface area contributed by atoms with E-state index >= 15 is 0 Å². The summed E-state index contributed by atoms with van der Waals surface area (Å²) < 4.78 is 2.96. The van der Waals surface area contributed by atoms with Crippen LogP contribution >= 0.6 is 28.1 Å². The fourth-order valence-corrected chi connectivity index (χ4v) is 3.52. The van der Waals surface area contributed by atoms with Gasteiger partial charge in [-0.1, -0.05) is 42.5 Å². The number of thiocarbonyl (C=S) groups is 1. The lowest BCUT2D eigenvalue weighted by atomic mass is 10.1. The Labute approximate surface area is 190 Å². The lowest BCUT2D eigenvalue weighted by Crippen LogP contribution is -2.47. The van der Waals surface area contributed by atoms with Crippen LogP contribution in [0.25, 0.3) is 0 Å². The molecule has 1 amide bonds. The highest BCUT2D eigenvalue weighted by molar-refractivity contribution is 9.10. The third-order valence-corrected chi connectivity index (χ3v) is 6.15. The van der Waals surface area contributed by atoms with Crippen molar-refractivity contribution in [2.75, 3.05) is 0 Å². The molecule has 8 heteroatoms. The number of nitrogens with zero attached hydrogens (tertiary/aromatic N) is 2. The van der Waals surface area contributed by atoms with E-state index in [-0.39, 0.29) is 11.9 Å². The van der Waals surface area contributed by atoms with Crippen LogP contribution in [-0.4, -0.2) is 20.8 Å². The minimum Gasteiger partial charge on any atom is -0.355 e. The Morgan fingerprint density at radius 3 is 2.37 bits per heavy atom. The molecule has 1 heterocycles. The van der Waals surface area contributed by atoms with Crippen LogP contribution in [0.15, 0.2) is 59.1 Å². The third-order valence-electron chi connectivity index (χ3n) is 4.78. The Hall–Kier alpha value is -2.71. The molecule has 2 aromatic carbocycles. The van der Waals surface area contributed by atoms with Crippen LogP contribution in [0.4, 0.5) is 0 Å². The quantitative estimate of drug-likeness (QED) is 0.373. The zero-order chi connectivity index (χ0) is 21.7. The Morgan fingerprint density at radius 1 is 1.10 bits per heavy atom. The van der Waals surface area contributed by atoms with E-state index in [2.05, 4.69) is 37.2 Å². The minimum absolute atomic E-state index is 0.0248. The van der Waals surface area contributed by atoms with Gasteiger partial charge >= 0.3 is 0 Å². The maximum absolute atomic E-state index is 12.4. The van der Waals surface area contributed by atoms with Crippen molar-refractivity contribution < 1.29 is 4.79 Å². The van der Waals surface area contributed by atoms with Gasteiger partial charge in [0.15, 0.2) is 5.11 Å². The maximum Gasteiger partial charge on any atom is 0.269 e. The van der Waals surface area contributed by atoms with Crippen LogP contribution in [0.2, 0.25) is 0 Å². The summed E-state index contributed by atoms with van der Waals surface area (Å²) in [6.07, 6.45) is 0. The van der Waals surface area contributed by atoms with Gasteiger partial charge in [0, 0.05) is 5.56 Å². The van der Waals surface area contributed by atoms with Crippen molar-refractivity contribution in [3.8, 4) is 0 Å². The molecule has 30 heavy (non-hydrogen) atoms. The molecule has 156 valence electrons. The fraction of sp³-hybridized carbons (Fsp3) is 0.227. The molecule has 6 nitrogen and oxygen atoms in total. The molecule has 0 unspecified atom stereocenters. The largest absolute Gasteiger partial charge is 0.355 e. The summed E-state index contributed by atoms with van der Waals surface area (Å²) in [4.78, 5) is 12.4. The number of nitrogens with one attached hydrogen (secondary N) is 3. The molecular weight excluding hydrogens is 462 g/mol. The third kappa shape index (κ3) is 5.46. The topological polar surface area (TPSA) is 71.0 Å². The summed E-state index contributed by atoms with van der Waals surface area (Å²) in [6, 6.07) is 17.4.